The van der Waals surface area contributed by atoms with Crippen molar-refractivity contribution in [3.63, 3.8) is 0 Å². The van der Waals surface area contributed by atoms with Gasteiger partial charge in [0, 0.05) is 17.5 Å². The highest BCUT2D eigenvalue weighted by Crippen LogP contribution is 2.35. The Hall–Kier alpha value is -3.27. The smallest absolute Gasteiger partial charge is 0.163 e. The van der Waals surface area contributed by atoms with Crippen LogP contribution in [0.1, 0.15) is 28.9 Å². The molecule has 0 amide bonds. The van der Waals surface area contributed by atoms with Gasteiger partial charge in [0.05, 0.1) is 31.5 Å². The maximum absolute atomic E-state index is 14.1. The van der Waals surface area contributed by atoms with E-state index in [1.807, 2.05) is 0 Å². The van der Waals surface area contributed by atoms with Crippen molar-refractivity contribution in [1.82, 2.24) is 4.98 Å². The van der Waals surface area contributed by atoms with Crippen LogP contribution in [-0.2, 0) is 5.60 Å². The number of carbonyl (C=O) groups excluding carboxylic acids is 1. The van der Waals surface area contributed by atoms with E-state index in [9.17, 15) is 18.7 Å². The summed E-state index contributed by atoms with van der Waals surface area (Å²) in [5.74, 6) is 0.00915. The van der Waals surface area contributed by atoms with Crippen LogP contribution in [0, 0.1) is 5.82 Å². The summed E-state index contributed by atoms with van der Waals surface area (Å²) in [4.78, 5) is 17.2. The van der Waals surface area contributed by atoms with Crippen molar-refractivity contribution >= 4 is 17.4 Å². The number of aliphatic hydroxyl groups is 2. The molecular formula is C26H26ClF2NO6. The normalized spacial score (nSPS) is 12.6. The molecule has 3 rings (SSSR count). The quantitative estimate of drug-likeness (QED) is 0.332. The molecule has 1 heterocycles. The average molecular weight is 522 g/mol. The van der Waals surface area contributed by atoms with E-state index >= 15 is 0 Å². The van der Waals surface area contributed by atoms with Gasteiger partial charge < -0.3 is 24.4 Å². The van der Waals surface area contributed by atoms with Gasteiger partial charge in [-0.15, -0.1) is 0 Å². The van der Waals surface area contributed by atoms with Gasteiger partial charge in [-0.25, -0.2) is 13.8 Å². The number of hydrogen-bond donors (Lipinski definition) is 2. The molecule has 0 saturated carbocycles. The first kappa shape index (κ1) is 27.3. The Kier molecular flexibility index (Phi) is 9.19. The van der Waals surface area contributed by atoms with E-state index in [4.69, 9.17) is 30.9 Å². The van der Waals surface area contributed by atoms with E-state index in [-0.39, 0.29) is 53.8 Å². The molecule has 36 heavy (non-hydrogen) atoms. The highest BCUT2D eigenvalue weighted by molar-refractivity contribution is 6.31. The summed E-state index contributed by atoms with van der Waals surface area (Å²) in [6.45, 7) is -1.31. The minimum absolute atomic E-state index is 0.0145. The number of halogens is 3. The third-order valence-electron chi connectivity index (χ3n) is 5.57. The predicted octanol–water partition coefficient (Wildman–Crippen LogP) is 4.75. The van der Waals surface area contributed by atoms with Gasteiger partial charge in [-0.3, -0.25) is 4.79 Å². The van der Waals surface area contributed by atoms with Crippen LogP contribution in [0.5, 0.6) is 17.2 Å². The van der Waals surface area contributed by atoms with Gasteiger partial charge in [-0.2, -0.15) is 0 Å². The zero-order valence-electron chi connectivity index (χ0n) is 19.8. The highest BCUT2D eigenvalue weighted by atomic mass is 35.5. The Morgan fingerprint density at radius 2 is 1.78 bits per heavy atom. The number of pyridine rings is 1. The molecule has 0 aliphatic carbocycles. The maximum atomic E-state index is 14.1. The van der Waals surface area contributed by atoms with Crippen LogP contribution < -0.4 is 14.2 Å². The molecule has 0 spiro atoms. The summed E-state index contributed by atoms with van der Waals surface area (Å²) < 4.78 is 43.7. The summed E-state index contributed by atoms with van der Waals surface area (Å²) in [6.07, 6.45) is -0.442. The molecule has 2 aromatic carbocycles. The number of ether oxygens (including phenoxy) is 3. The average Bonchev–Trinajstić information content (AvgIpc) is 2.91. The number of aromatic nitrogens is 1. The number of ketones is 1. The molecular weight excluding hydrogens is 496 g/mol. The number of Topliss-reactive ketones (excluding diaryl/α,β-unsaturated/α-hetero) is 1. The van der Waals surface area contributed by atoms with Gasteiger partial charge in [0.25, 0.3) is 0 Å². The third-order valence-corrected chi connectivity index (χ3v) is 5.86. The van der Waals surface area contributed by atoms with Crippen molar-refractivity contribution in [3.8, 4) is 28.5 Å². The molecule has 7 nitrogen and oxygen atoms in total. The van der Waals surface area contributed by atoms with Crippen LogP contribution in [0.4, 0.5) is 8.78 Å². The van der Waals surface area contributed by atoms with E-state index in [2.05, 4.69) is 4.98 Å². The molecule has 0 saturated heterocycles. The SMILES string of the molecule is COc1cc(C(=O)CCC(O)(CF)c2ccc(OC)c(-c3ccc(F)c(Cl)c3)n2)ccc1OCCO. The summed E-state index contributed by atoms with van der Waals surface area (Å²) in [5, 5.41) is 19.9. The van der Waals surface area contributed by atoms with Crippen molar-refractivity contribution in [2.45, 2.75) is 18.4 Å². The van der Waals surface area contributed by atoms with Crippen molar-refractivity contribution < 1.29 is 38.0 Å². The number of rotatable bonds is 12. The number of alkyl halides is 1. The molecule has 0 fully saturated rings. The van der Waals surface area contributed by atoms with Crippen molar-refractivity contribution in [2.24, 2.45) is 0 Å². The molecule has 1 atom stereocenters. The van der Waals surface area contributed by atoms with E-state index in [1.165, 1.54) is 62.8 Å². The second kappa shape index (κ2) is 12.1. The van der Waals surface area contributed by atoms with Gasteiger partial charge in [0.1, 0.15) is 36.1 Å². The van der Waals surface area contributed by atoms with Gasteiger partial charge in [-0.05, 0) is 55.0 Å². The number of carbonyl (C=O) groups is 1. The number of aliphatic hydroxyl groups excluding tert-OH is 1. The largest absolute Gasteiger partial charge is 0.494 e. The summed E-state index contributed by atoms with van der Waals surface area (Å²) in [6, 6.07) is 11.4. The molecule has 10 heteroatoms. The fourth-order valence-electron chi connectivity index (χ4n) is 3.56. The van der Waals surface area contributed by atoms with E-state index in [0.29, 0.717) is 22.8 Å². The fourth-order valence-corrected chi connectivity index (χ4v) is 3.74. The lowest BCUT2D eigenvalue weighted by Gasteiger charge is -2.25. The van der Waals surface area contributed by atoms with Crippen LogP contribution in [0.15, 0.2) is 48.5 Å². The number of hydrogen-bond acceptors (Lipinski definition) is 7. The molecule has 0 radical (unpaired) electrons. The van der Waals surface area contributed by atoms with Crippen LogP contribution >= 0.6 is 11.6 Å². The lowest BCUT2D eigenvalue weighted by atomic mass is 9.91. The number of methoxy groups -OCH3 is 2. The minimum atomic E-state index is -2.06. The van der Waals surface area contributed by atoms with Gasteiger partial charge in [0.15, 0.2) is 17.3 Å². The molecule has 1 aromatic heterocycles. The minimum Gasteiger partial charge on any atom is -0.494 e. The lowest BCUT2D eigenvalue weighted by Crippen LogP contribution is -2.30. The van der Waals surface area contributed by atoms with Crippen LogP contribution in [0.25, 0.3) is 11.3 Å². The van der Waals surface area contributed by atoms with E-state index in [0.717, 1.165) is 0 Å². The Morgan fingerprint density at radius 1 is 1.06 bits per heavy atom. The van der Waals surface area contributed by atoms with Crippen LogP contribution in [0.2, 0.25) is 5.02 Å². The second-order valence-corrected chi connectivity index (χ2v) is 8.31. The van der Waals surface area contributed by atoms with Gasteiger partial charge in [-0.1, -0.05) is 11.6 Å². The molecule has 2 N–H and O–H groups in total. The molecule has 192 valence electrons. The van der Waals surface area contributed by atoms with Gasteiger partial charge in [0.2, 0.25) is 0 Å². The summed E-state index contributed by atoms with van der Waals surface area (Å²) in [5.41, 5.74) is -1.14. The molecule has 3 aromatic rings. The zero-order valence-corrected chi connectivity index (χ0v) is 20.5. The predicted molar refractivity (Wildman–Crippen MR) is 130 cm³/mol. The number of nitrogens with zero attached hydrogens (tertiary/aromatic N) is 1. The Morgan fingerprint density at radius 3 is 2.42 bits per heavy atom. The highest BCUT2D eigenvalue weighted by Gasteiger charge is 2.33. The van der Waals surface area contributed by atoms with Crippen molar-refractivity contribution in [3.05, 3.63) is 70.6 Å². The number of benzene rings is 2. The van der Waals surface area contributed by atoms with Crippen LogP contribution in [-0.4, -0.2) is 55.1 Å². The van der Waals surface area contributed by atoms with Crippen molar-refractivity contribution in [1.29, 1.82) is 0 Å². The maximum Gasteiger partial charge on any atom is 0.163 e. The lowest BCUT2D eigenvalue weighted by molar-refractivity contribution is -0.00203. The topological polar surface area (TPSA) is 98.1 Å². The Balaban J connectivity index is 1.84. The fraction of sp³-hybridized carbons (Fsp3) is 0.308. The third kappa shape index (κ3) is 6.10. The Bertz CT molecular complexity index is 1230. The monoisotopic (exact) mass is 521 g/mol. The summed E-state index contributed by atoms with van der Waals surface area (Å²) in [7, 11) is 2.83. The molecule has 0 bridgehead atoms. The first-order valence-corrected chi connectivity index (χ1v) is 11.4. The first-order valence-electron chi connectivity index (χ1n) is 11.0. The zero-order chi connectivity index (χ0) is 26.3. The molecule has 1 unspecified atom stereocenters. The molecule has 0 aliphatic heterocycles. The van der Waals surface area contributed by atoms with E-state index in [1.54, 1.807) is 0 Å². The second-order valence-electron chi connectivity index (χ2n) is 7.90. The molecule has 0 aliphatic rings. The van der Waals surface area contributed by atoms with E-state index < -0.39 is 18.1 Å². The summed E-state index contributed by atoms with van der Waals surface area (Å²) >= 11 is 5.90. The Labute approximate surface area is 212 Å². The standard InChI is InChI=1S/C26H26ClF2NO6/c1-34-22-7-8-24(30-25(22)17-3-5-19(29)18(27)13-17)26(33,15-28)10-9-20(32)16-4-6-21(36-12-11-31)23(14-16)35-2/h3-8,13-14,31,33H,9-12,15H2,1-2H3. The van der Waals surface area contributed by atoms with Gasteiger partial charge >= 0.3 is 0 Å². The first-order chi connectivity index (χ1) is 17.3. The van der Waals surface area contributed by atoms with Crippen LogP contribution in [0.3, 0.4) is 0 Å². The van der Waals surface area contributed by atoms with Crippen molar-refractivity contribution in [2.75, 3.05) is 34.1 Å².